The van der Waals surface area contributed by atoms with Crippen LogP contribution in [0.3, 0.4) is 0 Å². The second-order valence-corrected chi connectivity index (χ2v) is 14.5. The number of rotatable bonds is 4. The average Bonchev–Trinajstić information content (AvgIpc) is 3.75. The molecule has 2 aliphatic rings. The van der Waals surface area contributed by atoms with Crippen molar-refractivity contribution in [1.82, 2.24) is 4.98 Å². The molecule has 0 spiro atoms. The molecule has 0 saturated carbocycles. The van der Waals surface area contributed by atoms with Gasteiger partial charge < -0.3 is 0 Å². The maximum Gasteiger partial charge on any atom is 0.0722 e. The Labute approximate surface area is 313 Å². The van der Waals surface area contributed by atoms with Gasteiger partial charge in [-0.05, 0) is 118 Å². The molecule has 2 aliphatic carbocycles. The van der Waals surface area contributed by atoms with Gasteiger partial charge in [-0.1, -0.05) is 170 Å². The van der Waals surface area contributed by atoms with Crippen molar-refractivity contribution in [2.75, 3.05) is 0 Å². The average molecular weight is 682 g/mol. The zero-order valence-electron chi connectivity index (χ0n) is 29.3. The summed E-state index contributed by atoms with van der Waals surface area (Å²) >= 11 is 0. The monoisotopic (exact) mass is 681 g/mol. The molecule has 9 aromatic carbocycles. The van der Waals surface area contributed by atoms with Crippen LogP contribution in [0.2, 0.25) is 0 Å². The van der Waals surface area contributed by atoms with Crippen molar-refractivity contribution in [2.45, 2.75) is 0 Å². The van der Waals surface area contributed by atoms with Gasteiger partial charge in [0.05, 0.1) is 11.2 Å². The van der Waals surface area contributed by atoms with E-state index in [0.29, 0.717) is 0 Å². The van der Waals surface area contributed by atoms with E-state index in [1.165, 1.54) is 105 Å². The summed E-state index contributed by atoms with van der Waals surface area (Å²) in [4.78, 5) is 5.42. The van der Waals surface area contributed by atoms with Gasteiger partial charge in [-0.3, -0.25) is 0 Å². The van der Waals surface area contributed by atoms with Crippen LogP contribution in [0.4, 0.5) is 0 Å². The predicted molar refractivity (Wildman–Crippen MR) is 227 cm³/mol. The van der Waals surface area contributed by atoms with E-state index in [9.17, 15) is 0 Å². The van der Waals surface area contributed by atoms with Gasteiger partial charge in [0.1, 0.15) is 0 Å². The molecule has 10 aromatic rings. The molecule has 0 saturated heterocycles. The van der Waals surface area contributed by atoms with Crippen molar-refractivity contribution >= 4 is 32.4 Å². The lowest BCUT2D eigenvalue weighted by atomic mass is 9.82. The zero-order valence-corrected chi connectivity index (χ0v) is 29.3. The number of nitrogens with zero attached hydrogens (tertiary/aromatic N) is 1. The molecular weight excluding hydrogens is 651 g/mol. The molecule has 54 heavy (non-hydrogen) atoms. The standard InChI is InChI=1S/C53H31N/c1-4-14-32(15-5-1)35-26-27-36-38-23-13-25-46-51(38)45(44(36)30-35)31-47(54-46)37-28-29-43-50-39(37)22-12-24-42(50)52-48(33-16-6-2-7-17-33)40-20-10-11-21-41(40)49(53(43)52)34-18-8-3-9-19-34/h1-31H. The van der Waals surface area contributed by atoms with Crippen LogP contribution in [-0.2, 0) is 0 Å². The molecular formula is C53H31N. The van der Waals surface area contributed by atoms with Gasteiger partial charge in [0.25, 0.3) is 0 Å². The van der Waals surface area contributed by atoms with Crippen molar-refractivity contribution < 1.29 is 0 Å². The molecule has 248 valence electrons. The first-order valence-corrected chi connectivity index (χ1v) is 18.7. The largest absolute Gasteiger partial charge is 0.248 e. The number of fused-ring (bicyclic) bond motifs is 7. The highest BCUT2D eigenvalue weighted by Gasteiger charge is 2.32. The Kier molecular flexibility index (Phi) is 6.12. The molecule has 1 aromatic heterocycles. The van der Waals surface area contributed by atoms with Crippen molar-refractivity contribution in [2.24, 2.45) is 0 Å². The van der Waals surface area contributed by atoms with E-state index in [1.54, 1.807) is 0 Å². The summed E-state index contributed by atoms with van der Waals surface area (Å²) in [5.74, 6) is 0. The van der Waals surface area contributed by atoms with Crippen LogP contribution in [0.25, 0.3) is 122 Å². The summed E-state index contributed by atoms with van der Waals surface area (Å²) in [6.45, 7) is 0. The Morgan fingerprint density at radius 2 is 0.796 bits per heavy atom. The molecule has 0 atom stereocenters. The van der Waals surface area contributed by atoms with E-state index in [2.05, 4.69) is 188 Å². The summed E-state index contributed by atoms with van der Waals surface area (Å²) in [5, 5.41) is 6.32. The van der Waals surface area contributed by atoms with E-state index in [-0.39, 0.29) is 0 Å². The molecule has 0 unspecified atom stereocenters. The Morgan fingerprint density at radius 1 is 0.259 bits per heavy atom. The van der Waals surface area contributed by atoms with Crippen LogP contribution in [0, 0.1) is 0 Å². The molecule has 1 nitrogen and oxygen atoms in total. The van der Waals surface area contributed by atoms with Gasteiger partial charge in [-0.2, -0.15) is 0 Å². The van der Waals surface area contributed by atoms with Crippen molar-refractivity contribution in [3.63, 3.8) is 0 Å². The molecule has 0 amide bonds. The maximum absolute atomic E-state index is 5.42. The maximum atomic E-state index is 5.42. The summed E-state index contributed by atoms with van der Waals surface area (Å²) in [6.07, 6.45) is 0. The fourth-order valence-corrected chi connectivity index (χ4v) is 9.51. The number of benzene rings is 9. The highest BCUT2D eigenvalue weighted by atomic mass is 14.7. The quantitative estimate of drug-likeness (QED) is 0.180. The number of hydrogen-bond donors (Lipinski definition) is 0. The van der Waals surface area contributed by atoms with Gasteiger partial charge in [0, 0.05) is 10.9 Å². The summed E-state index contributed by atoms with van der Waals surface area (Å²) in [7, 11) is 0. The lowest BCUT2D eigenvalue weighted by molar-refractivity contribution is 1.41. The molecule has 0 radical (unpaired) electrons. The zero-order chi connectivity index (χ0) is 35.3. The number of hydrogen-bond acceptors (Lipinski definition) is 1. The van der Waals surface area contributed by atoms with Gasteiger partial charge >= 0.3 is 0 Å². The Balaban J connectivity index is 1.14. The van der Waals surface area contributed by atoms with Gasteiger partial charge in [0.15, 0.2) is 0 Å². The second kappa shape index (κ2) is 11.2. The third kappa shape index (κ3) is 4.07. The normalized spacial score (nSPS) is 12.1. The SMILES string of the molecule is c1ccc(-c2ccc3c(c2)-c2cc(-c4ccc5c6c(cccc46)-c4c-5c(-c5ccccc5)c5ccccc5c4-c4ccccc4)nc4cccc-3c24)cc1. The van der Waals surface area contributed by atoms with Crippen LogP contribution < -0.4 is 0 Å². The van der Waals surface area contributed by atoms with Gasteiger partial charge in [0.2, 0.25) is 0 Å². The predicted octanol–water partition coefficient (Wildman–Crippen LogP) is 14.5. The molecule has 1 heterocycles. The fourth-order valence-electron chi connectivity index (χ4n) is 9.51. The number of pyridine rings is 1. The first kappa shape index (κ1) is 29.5. The van der Waals surface area contributed by atoms with Crippen molar-refractivity contribution in [3.8, 4) is 89.1 Å². The van der Waals surface area contributed by atoms with Crippen LogP contribution in [-0.4, -0.2) is 4.98 Å². The van der Waals surface area contributed by atoms with Gasteiger partial charge in [-0.15, -0.1) is 0 Å². The molecule has 0 bridgehead atoms. The second-order valence-electron chi connectivity index (χ2n) is 14.5. The first-order chi connectivity index (χ1) is 26.8. The first-order valence-electron chi connectivity index (χ1n) is 18.7. The molecule has 1 heteroatoms. The smallest absolute Gasteiger partial charge is 0.0722 e. The highest BCUT2D eigenvalue weighted by molar-refractivity contribution is 6.29. The fraction of sp³-hybridized carbons (Fsp3) is 0. The topological polar surface area (TPSA) is 12.9 Å². The van der Waals surface area contributed by atoms with Crippen molar-refractivity contribution in [3.05, 3.63) is 188 Å². The molecule has 12 rings (SSSR count). The lowest BCUT2D eigenvalue weighted by Gasteiger charge is -2.20. The third-order valence-electron chi connectivity index (χ3n) is 11.7. The van der Waals surface area contributed by atoms with Gasteiger partial charge in [-0.25, -0.2) is 4.98 Å². The van der Waals surface area contributed by atoms with E-state index in [0.717, 1.165) is 16.8 Å². The lowest BCUT2D eigenvalue weighted by Crippen LogP contribution is -1.93. The van der Waals surface area contributed by atoms with E-state index in [4.69, 9.17) is 4.98 Å². The van der Waals surface area contributed by atoms with Crippen molar-refractivity contribution in [1.29, 1.82) is 0 Å². The molecule has 0 aliphatic heterocycles. The van der Waals surface area contributed by atoms with E-state index < -0.39 is 0 Å². The minimum atomic E-state index is 1.00. The molecule has 0 fully saturated rings. The molecule has 0 N–H and O–H groups in total. The van der Waals surface area contributed by atoms with Crippen LogP contribution in [0.5, 0.6) is 0 Å². The van der Waals surface area contributed by atoms with Crippen LogP contribution >= 0.6 is 0 Å². The van der Waals surface area contributed by atoms with Crippen LogP contribution in [0.15, 0.2) is 188 Å². The Hall–Kier alpha value is -7.09. The minimum absolute atomic E-state index is 1.00. The Bertz CT molecular complexity index is 3090. The van der Waals surface area contributed by atoms with E-state index >= 15 is 0 Å². The van der Waals surface area contributed by atoms with Crippen LogP contribution in [0.1, 0.15) is 0 Å². The highest BCUT2D eigenvalue weighted by Crippen LogP contribution is 2.59. The minimum Gasteiger partial charge on any atom is -0.248 e. The summed E-state index contributed by atoms with van der Waals surface area (Å²) in [6, 6.07) is 68.9. The summed E-state index contributed by atoms with van der Waals surface area (Å²) < 4.78 is 0. The Morgan fingerprint density at radius 3 is 1.48 bits per heavy atom. The summed E-state index contributed by atoms with van der Waals surface area (Å²) in [5.41, 5.74) is 21.0. The third-order valence-corrected chi connectivity index (χ3v) is 11.7. The number of aromatic nitrogens is 1. The van der Waals surface area contributed by atoms with E-state index in [1.807, 2.05) is 0 Å².